The van der Waals surface area contributed by atoms with Crippen molar-refractivity contribution in [3.63, 3.8) is 0 Å². The molecule has 1 aromatic heterocycles. The van der Waals surface area contributed by atoms with Crippen LogP contribution in [0.25, 0.3) is 16.1 Å². The lowest BCUT2D eigenvalue weighted by molar-refractivity contribution is 0.0520. The summed E-state index contributed by atoms with van der Waals surface area (Å²) in [5.74, 6) is -3.38. The van der Waals surface area contributed by atoms with E-state index < -0.39 is 17.2 Å². The molecule has 4 nitrogen and oxygen atoms in total. The van der Waals surface area contributed by atoms with E-state index in [2.05, 4.69) is 25.9 Å². The minimum Gasteiger partial charge on any atom is -0.379 e. The third-order valence-electron chi connectivity index (χ3n) is 4.95. The summed E-state index contributed by atoms with van der Waals surface area (Å²) in [7, 11) is 1.62. The Morgan fingerprint density at radius 2 is 2.04 bits per heavy atom. The number of alkyl halides is 2. The minimum atomic E-state index is -2.65. The van der Waals surface area contributed by atoms with Gasteiger partial charge in [0.2, 0.25) is 5.69 Å². The molecule has 0 atom stereocenters. The lowest BCUT2D eigenvalue weighted by Crippen LogP contribution is -2.51. The predicted molar refractivity (Wildman–Crippen MR) is 91.8 cm³/mol. The van der Waals surface area contributed by atoms with Crippen LogP contribution in [-0.2, 0) is 7.05 Å². The predicted octanol–water partition coefficient (Wildman–Crippen LogP) is 5.04. The lowest BCUT2D eigenvalue weighted by atomic mass is 9.93. The van der Waals surface area contributed by atoms with Crippen molar-refractivity contribution in [3.05, 3.63) is 39.0 Å². The van der Waals surface area contributed by atoms with Gasteiger partial charge in [-0.3, -0.25) is 4.68 Å². The Kier molecular flexibility index (Phi) is 3.44. The van der Waals surface area contributed by atoms with Crippen molar-refractivity contribution in [1.82, 2.24) is 9.78 Å². The SMILES string of the molecule is [C-]#[N+]c1c(N2CC3(C2)CC3(F)F)cc(Cl)c(F)c1-c1c(Br)cnn1C. The average Bonchev–Trinajstić information content (AvgIpc) is 2.96. The molecule has 1 saturated carbocycles. The molecule has 1 aliphatic carbocycles. The van der Waals surface area contributed by atoms with E-state index in [1.54, 1.807) is 11.9 Å². The largest absolute Gasteiger partial charge is 0.379 e. The second-order valence-corrected chi connectivity index (χ2v) is 7.77. The van der Waals surface area contributed by atoms with E-state index in [9.17, 15) is 13.2 Å². The monoisotopic (exact) mass is 430 g/mol. The fourth-order valence-electron chi connectivity index (χ4n) is 3.44. The standard InChI is InChI=1S/C16H11BrClF3N4/c1-22-13-10(25-6-15(7-25)5-16(15,20)21)3-9(18)12(19)11(13)14-8(17)4-23-24(14)2/h3-4H,5-7H2,2H3. The molecule has 0 amide bonds. The van der Waals surface area contributed by atoms with E-state index in [0.717, 1.165) is 0 Å². The number of halogens is 5. The van der Waals surface area contributed by atoms with E-state index >= 15 is 0 Å². The highest BCUT2D eigenvalue weighted by Gasteiger charge is 2.76. The molecule has 0 bridgehead atoms. The van der Waals surface area contributed by atoms with Crippen LogP contribution >= 0.6 is 27.5 Å². The Morgan fingerprint density at radius 3 is 2.52 bits per heavy atom. The smallest absolute Gasteiger partial charge is 0.258 e. The van der Waals surface area contributed by atoms with E-state index in [1.807, 2.05) is 0 Å². The summed E-state index contributed by atoms with van der Waals surface area (Å²) in [6, 6.07) is 1.34. The van der Waals surface area contributed by atoms with Gasteiger partial charge < -0.3 is 4.90 Å². The highest BCUT2D eigenvalue weighted by Crippen LogP contribution is 2.66. The first-order valence-corrected chi connectivity index (χ1v) is 8.58. The topological polar surface area (TPSA) is 25.4 Å². The number of hydrogen-bond acceptors (Lipinski definition) is 2. The zero-order valence-corrected chi connectivity index (χ0v) is 15.3. The first-order chi connectivity index (χ1) is 11.7. The van der Waals surface area contributed by atoms with Crippen molar-refractivity contribution in [2.24, 2.45) is 12.5 Å². The zero-order valence-electron chi connectivity index (χ0n) is 13.0. The van der Waals surface area contributed by atoms with Crippen LogP contribution in [0.1, 0.15) is 6.42 Å². The Bertz CT molecular complexity index is 924. The summed E-state index contributed by atoms with van der Waals surface area (Å²) in [5, 5.41) is 3.89. The van der Waals surface area contributed by atoms with Crippen LogP contribution in [0.3, 0.4) is 0 Å². The Labute approximate surface area is 155 Å². The maximum absolute atomic E-state index is 14.7. The number of aromatic nitrogens is 2. The van der Waals surface area contributed by atoms with Gasteiger partial charge in [0.05, 0.1) is 33.4 Å². The molecular formula is C16H11BrClF3N4. The molecule has 2 aliphatic rings. The maximum atomic E-state index is 14.7. The molecular weight excluding hydrogens is 421 g/mol. The summed E-state index contributed by atoms with van der Waals surface area (Å²) >= 11 is 9.34. The van der Waals surface area contributed by atoms with Gasteiger partial charge in [0, 0.05) is 37.8 Å². The van der Waals surface area contributed by atoms with Crippen molar-refractivity contribution < 1.29 is 13.2 Å². The second-order valence-electron chi connectivity index (χ2n) is 6.51. The van der Waals surface area contributed by atoms with Gasteiger partial charge in [0.15, 0.2) is 0 Å². The van der Waals surface area contributed by atoms with E-state index in [4.69, 9.17) is 18.2 Å². The summed E-state index contributed by atoms with van der Waals surface area (Å²) in [6.07, 6.45) is 1.35. The molecule has 1 saturated heterocycles. The minimum absolute atomic E-state index is 0.0212. The molecule has 25 heavy (non-hydrogen) atoms. The van der Waals surface area contributed by atoms with Gasteiger partial charge in [0.1, 0.15) is 5.82 Å². The number of hydrogen-bond donors (Lipinski definition) is 0. The van der Waals surface area contributed by atoms with Gasteiger partial charge in [-0.25, -0.2) is 18.0 Å². The Morgan fingerprint density at radius 1 is 1.40 bits per heavy atom. The molecule has 1 aliphatic heterocycles. The van der Waals surface area contributed by atoms with Crippen LogP contribution < -0.4 is 4.90 Å². The summed E-state index contributed by atoms with van der Waals surface area (Å²) in [6.45, 7) is 7.79. The molecule has 0 N–H and O–H groups in total. The first kappa shape index (κ1) is 16.7. The van der Waals surface area contributed by atoms with Gasteiger partial charge in [-0.1, -0.05) is 11.6 Å². The lowest BCUT2D eigenvalue weighted by Gasteiger charge is -2.42. The van der Waals surface area contributed by atoms with Crippen LogP contribution in [0.15, 0.2) is 16.7 Å². The quantitative estimate of drug-likeness (QED) is 0.623. The number of aryl methyl sites for hydroxylation is 1. The van der Waals surface area contributed by atoms with Crippen LogP contribution in [0.5, 0.6) is 0 Å². The molecule has 2 heterocycles. The summed E-state index contributed by atoms with van der Waals surface area (Å²) < 4.78 is 43.6. The van der Waals surface area contributed by atoms with E-state index in [0.29, 0.717) is 15.9 Å². The Balaban J connectivity index is 1.84. The second kappa shape index (κ2) is 5.15. The van der Waals surface area contributed by atoms with Gasteiger partial charge in [0.25, 0.3) is 5.92 Å². The van der Waals surface area contributed by atoms with Gasteiger partial charge in [-0.05, 0) is 22.0 Å². The molecule has 2 fully saturated rings. The van der Waals surface area contributed by atoms with Crippen molar-refractivity contribution in [2.75, 3.05) is 18.0 Å². The number of rotatable bonds is 2. The van der Waals surface area contributed by atoms with Crippen molar-refractivity contribution >= 4 is 38.9 Å². The van der Waals surface area contributed by atoms with Crippen LogP contribution in [0.4, 0.5) is 24.5 Å². The molecule has 9 heteroatoms. The van der Waals surface area contributed by atoms with Crippen LogP contribution in [-0.4, -0.2) is 28.8 Å². The maximum Gasteiger partial charge on any atom is 0.258 e. The van der Waals surface area contributed by atoms with Gasteiger partial charge in [-0.15, -0.1) is 0 Å². The molecule has 2 aromatic rings. The molecule has 0 unspecified atom stereocenters. The summed E-state index contributed by atoms with van der Waals surface area (Å²) in [4.78, 5) is 5.14. The fourth-order valence-corrected chi connectivity index (χ4v) is 4.19. The zero-order chi connectivity index (χ0) is 18.1. The number of nitrogens with zero attached hydrogens (tertiary/aromatic N) is 4. The highest BCUT2D eigenvalue weighted by molar-refractivity contribution is 9.10. The van der Waals surface area contributed by atoms with E-state index in [-0.39, 0.29) is 35.8 Å². The number of anilines is 1. The van der Waals surface area contributed by atoms with Crippen molar-refractivity contribution in [1.29, 1.82) is 0 Å². The van der Waals surface area contributed by atoms with Crippen LogP contribution in [0, 0.1) is 17.8 Å². The molecule has 1 aromatic carbocycles. The van der Waals surface area contributed by atoms with Crippen molar-refractivity contribution in [2.45, 2.75) is 12.3 Å². The highest BCUT2D eigenvalue weighted by atomic mass is 79.9. The first-order valence-electron chi connectivity index (χ1n) is 7.41. The third-order valence-corrected chi connectivity index (χ3v) is 5.81. The molecule has 4 rings (SSSR count). The van der Waals surface area contributed by atoms with Crippen molar-refractivity contribution in [3.8, 4) is 11.3 Å². The fraction of sp³-hybridized carbons (Fsp3) is 0.375. The summed E-state index contributed by atoms with van der Waals surface area (Å²) in [5.41, 5.74) is -0.185. The normalized spacial score (nSPS) is 19.6. The average molecular weight is 432 g/mol. The molecule has 1 spiro atoms. The molecule has 130 valence electrons. The van der Waals surface area contributed by atoms with Crippen LogP contribution in [0.2, 0.25) is 5.02 Å². The number of benzene rings is 1. The van der Waals surface area contributed by atoms with Gasteiger partial charge in [-0.2, -0.15) is 5.10 Å². The van der Waals surface area contributed by atoms with E-state index in [1.165, 1.54) is 16.9 Å². The van der Waals surface area contributed by atoms with Gasteiger partial charge >= 0.3 is 0 Å². The Hall–Kier alpha value is -1.72. The molecule has 0 radical (unpaired) electrons. The third kappa shape index (κ3) is 2.22.